The smallest absolute Gasteiger partial charge is 0.0757 e. The van der Waals surface area contributed by atoms with Crippen LogP contribution in [0.3, 0.4) is 0 Å². The molecule has 3 nitrogen and oxygen atoms in total. The lowest BCUT2D eigenvalue weighted by atomic mass is 9.76. The van der Waals surface area contributed by atoms with E-state index in [1.54, 1.807) is 0 Å². The molecule has 1 saturated heterocycles. The fourth-order valence-electron chi connectivity index (χ4n) is 3.53. The van der Waals surface area contributed by atoms with E-state index in [9.17, 15) is 0 Å². The molecule has 0 aromatic rings. The maximum atomic E-state index is 5.97. The molecule has 3 heteroatoms. The number of ether oxygens (including phenoxy) is 1. The third-order valence-corrected chi connectivity index (χ3v) is 4.41. The summed E-state index contributed by atoms with van der Waals surface area (Å²) in [5, 5.41) is 0. The Morgan fingerprint density at radius 1 is 1.30 bits per heavy atom. The van der Waals surface area contributed by atoms with Crippen LogP contribution in [0.15, 0.2) is 0 Å². The first-order chi connectivity index (χ1) is 9.14. The van der Waals surface area contributed by atoms with Gasteiger partial charge in [0.25, 0.3) is 0 Å². The Morgan fingerprint density at radius 2 is 1.95 bits per heavy atom. The zero-order chi connectivity index (χ0) is 15.4. The second kappa shape index (κ2) is 7.24. The highest BCUT2D eigenvalue weighted by Gasteiger charge is 2.31. The Hall–Kier alpha value is -0.120. The molecule has 1 fully saturated rings. The van der Waals surface area contributed by atoms with E-state index in [2.05, 4.69) is 46.4 Å². The van der Waals surface area contributed by atoms with Crippen LogP contribution in [0.2, 0.25) is 0 Å². The quantitative estimate of drug-likeness (QED) is 0.813. The molecule has 2 unspecified atom stereocenters. The first kappa shape index (κ1) is 17.9. The average molecular weight is 284 g/mol. The maximum absolute atomic E-state index is 5.97. The molecule has 1 rings (SSSR count). The number of nitrogens with zero attached hydrogens (tertiary/aromatic N) is 1. The number of nitrogens with two attached hydrogens (primary N) is 1. The fourth-order valence-corrected chi connectivity index (χ4v) is 3.53. The van der Waals surface area contributed by atoms with Gasteiger partial charge in [0.1, 0.15) is 0 Å². The van der Waals surface area contributed by atoms with E-state index >= 15 is 0 Å². The lowest BCUT2D eigenvalue weighted by Gasteiger charge is -2.42. The molecular formula is C17H36N2O. The van der Waals surface area contributed by atoms with Gasteiger partial charge in [-0.25, -0.2) is 0 Å². The molecule has 120 valence electrons. The van der Waals surface area contributed by atoms with Crippen molar-refractivity contribution in [3.8, 4) is 0 Å². The molecule has 1 aliphatic heterocycles. The van der Waals surface area contributed by atoms with E-state index in [-0.39, 0.29) is 5.60 Å². The van der Waals surface area contributed by atoms with E-state index in [1.807, 2.05) is 0 Å². The standard InChI is InChI=1S/C17H36N2O/c1-14-12-19(13-17(5,6)20-14)11-7-8-15(9-10-18)16(2,3)4/h14-15H,7-13,18H2,1-6H3. The molecule has 0 spiro atoms. The summed E-state index contributed by atoms with van der Waals surface area (Å²) in [6, 6.07) is 0. The van der Waals surface area contributed by atoms with Gasteiger partial charge in [-0.05, 0) is 64.5 Å². The predicted octanol–water partition coefficient (Wildman–Crippen LogP) is 3.28. The van der Waals surface area contributed by atoms with Crippen molar-refractivity contribution in [2.45, 2.75) is 72.5 Å². The van der Waals surface area contributed by atoms with Crippen molar-refractivity contribution >= 4 is 0 Å². The summed E-state index contributed by atoms with van der Waals surface area (Å²) in [5.41, 5.74) is 6.14. The molecule has 0 amide bonds. The summed E-state index contributed by atoms with van der Waals surface area (Å²) in [4.78, 5) is 2.57. The molecule has 0 aromatic heterocycles. The van der Waals surface area contributed by atoms with Gasteiger partial charge >= 0.3 is 0 Å². The molecule has 0 saturated carbocycles. The Balaban J connectivity index is 2.39. The van der Waals surface area contributed by atoms with Crippen LogP contribution in [0.4, 0.5) is 0 Å². The topological polar surface area (TPSA) is 38.5 Å². The molecule has 1 aliphatic rings. The number of morpholine rings is 1. The van der Waals surface area contributed by atoms with Crippen LogP contribution >= 0.6 is 0 Å². The summed E-state index contributed by atoms with van der Waals surface area (Å²) in [6.45, 7) is 17.7. The fraction of sp³-hybridized carbons (Fsp3) is 1.00. The van der Waals surface area contributed by atoms with Crippen LogP contribution < -0.4 is 5.73 Å². The molecular weight excluding hydrogens is 248 g/mol. The van der Waals surface area contributed by atoms with Crippen molar-refractivity contribution < 1.29 is 4.74 Å². The van der Waals surface area contributed by atoms with Gasteiger partial charge in [0.2, 0.25) is 0 Å². The highest BCUT2D eigenvalue weighted by molar-refractivity contribution is 4.83. The van der Waals surface area contributed by atoms with Gasteiger partial charge in [-0.15, -0.1) is 0 Å². The molecule has 0 aliphatic carbocycles. The molecule has 1 heterocycles. The second-order valence-electron chi connectivity index (χ2n) is 8.21. The Kier molecular flexibility index (Phi) is 6.49. The minimum Gasteiger partial charge on any atom is -0.370 e. The summed E-state index contributed by atoms with van der Waals surface area (Å²) < 4.78 is 5.97. The van der Waals surface area contributed by atoms with Crippen LogP contribution in [0.1, 0.15) is 60.8 Å². The monoisotopic (exact) mass is 284 g/mol. The third-order valence-electron chi connectivity index (χ3n) is 4.41. The summed E-state index contributed by atoms with van der Waals surface area (Å²) in [6.07, 6.45) is 4.05. The van der Waals surface area contributed by atoms with E-state index in [4.69, 9.17) is 10.5 Å². The maximum Gasteiger partial charge on any atom is 0.0757 e. The predicted molar refractivity (Wildman–Crippen MR) is 86.9 cm³/mol. The summed E-state index contributed by atoms with van der Waals surface area (Å²) in [7, 11) is 0. The van der Waals surface area contributed by atoms with Crippen molar-refractivity contribution in [3.05, 3.63) is 0 Å². The zero-order valence-corrected chi connectivity index (χ0v) is 14.5. The molecule has 0 aromatic carbocycles. The zero-order valence-electron chi connectivity index (χ0n) is 14.5. The van der Waals surface area contributed by atoms with Crippen molar-refractivity contribution in [2.24, 2.45) is 17.1 Å². The Morgan fingerprint density at radius 3 is 2.45 bits per heavy atom. The highest BCUT2D eigenvalue weighted by atomic mass is 16.5. The largest absolute Gasteiger partial charge is 0.370 e. The third kappa shape index (κ3) is 6.11. The summed E-state index contributed by atoms with van der Waals surface area (Å²) in [5.74, 6) is 0.735. The minimum absolute atomic E-state index is 0.00163. The molecule has 2 atom stereocenters. The van der Waals surface area contributed by atoms with Crippen LogP contribution in [0, 0.1) is 11.3 Å². The van der Waals surface area contributed by atoms with Crippen LogP contribution in [0.25, 0.3) is 0 Å². The van der Waals surface area contributed by atoms with Gasteiger partial charge in [-0.3, -0.25) is 4.90 Å². The molecule has 20 heavy (non-hydrogen) atoms. The van der Waals surface area contributed by atoms with Gasteiger partial charge in [-0.2, -0.15) is 0 Å². The van der Waals surface area contributed by atoms with E-state index < -0.39 is 0 Å². The number of hydrogen-bond acceptors (Lipinski definition) is 3. The lowest BCUT2D eigenvalue weighted by molar-refractivity contribution is -0.129. The number of hydrogen-bond donors (Lipinski definition) is 1. The SMILES string of the molecule is CC1CN(CCCC(CCN)C(C)(C)C)CC(C)(C)O1. The average Bonchev–Trinajstić information content (AvgIpc) is 2.23. The minimum atomic E-state index is -0.00163. The Bertz CT molecular complexity index is 283. The highest BCUT2D eigenvalue weighted by Crippen LogP contribution is 2.32. The van der Waals surface area contributed by atoms with E-state index in [0.717, 1.165) is 32.0 Å². The number of rotatable bonds is 6. The van der Waals surface area contributed by atoms with Crippen molar-refractivity contribution in [1.82, 2.24) is 4.90 Å². The molecule has 0 bridgehead atoms. The van der Waals surface area contributed by atoms with E-state index in [0.29, 0.717) is 11.5 Å². The van der Waals surface area contributed by atoms with Crippen molar-refractivity contribution in [1.29, 1.82) is 0 Å². The first-order valence-electron chi connectivity index (χ1n) is 8.24. The van der Waals surface area contributed by atoms with Gasteiger partial charge in [0, 0.05) is 13.1 Å². The van der Waals surface area contributed by atoms with Gasteiger partial charge in [0.15, 0.2) is 0 Å². The van der Waals surface area contributed by atoms with Crippen LogP contribution in [-0.2, 0) is 4.74 Å². The van der Waals surface area contributed by atoms with Crippen molar-refractivity contribution in [2.75, 3.05) is 26.2 Å². The Labute approximate surface area is 126 Å². The normalized spacial score (nSPS) is 25.6. The molecule has 2 N–H and O–H groups in total. The van der Waals surface area contributed by atoms with Gasteiger partial charge in [-0.1, -0.05) is 20.8 Å². The summed E-state index contributed by atoms with van der Waals surface area (Å²) >= 11 is 0. The molecule has 0 radical (unpaired) electrons. The van der Waals surface area contributed by atoms with Crippen molar-refractivity contribution in [3.63, 3.8) is 0 Å². The van der Waals surface area contributed by atoms with Crippen LogP contribution in [0.5, 0.6) is 0 Å². The van der Waals surface area contributed by atoms with Gasteiger partial charge < -0.3 is 10.5 Å². The van der Waals surface area contributed by atoms with Gasteiger partial charge in [0.05, 0.1) is 11.7 Å². The second-order valence-corrected chi connectivity index (χ2v) is 8.21. The lowest BCUT2D eigenvalue weighted by Crippen LogP contribution is -2.52. The van der Waals surface area contributed by atoms with Crippen LogP contribution in [-0.4, -0.2) is 42.8 Å². The first-order valence-corrected chi connectivity index (χ1v) is 8.24. The van der Waals surface area contributed by atoms with E-state index in [1.165, 1.54) is 19.4 Å².